The van der Waals surface area contributed by atoms with Crippen molar-refractivity contribution in [2.45, 2.75) is 27.7 Å². The fraction of sp³-hybridized carbons (Fsp3) is 0.429. The number of hydrogen-bond donors (Lipinski definition) is 0. The van der Waals surface area contributed by atoms with E-state index in [4.69, 9.17) is 0 Å². The highest BCUT2D eigenvalue weighted by molar-refractivity contribution is 6.02. The monoisotopic (exact) mass is 239 g/mol. The maximum absolute atomic E-state index is 11.4. The van der Waals surface area contributed by atoms with Crippen molar-refractivity contribution in [2.75, 3.05) is 14.1 Å². The Hall–Kier alpha value is -1.64. The molecule has 0 radical (unpaired) electrons. The number of nitrogens with zero attached hydrogens (tertiary/aromatic N) is 1. The Balaban J connectivity index is -0.000000439. The minimum atomic E-state index is -0.253. The van der Waals surface area contributed by atoms with Gasteiger partial charge in [-0.2, -0.15) is 0 Å². The van der Waals surface area contributed by atoms with Crippen molar-refractivity contribution in [3.8, 4) is 0 Å². The van der Waals surface area contributed by atoms with E-state index in [1.807, 2.05) is 27.7 Å². The zero-order valence-electron chi connectivity index (χ0n) is 11.9. The van der Waals surface area contributed by atoms with Crippen LogP contribution in [0.3, 0.4) is 0 Å². The summed E-state index contributed by atoms with van der Waals surface area (Å²) >= 11 is 0. The Labute approximate surface area is 106 Å². The third kappa shape index (κ3) is 8.20. The van der Waals surface area contributed by atoms with Crippen LogP contribution in [0.15, 0.2) is 36.5 Å². The van der Waals surface area contributed by atoms with E-state index in [9.17, 15) is 9.59 Å². The zero-order valence-corrected chi connectivity index (χ0v) is 11.9. The lowest BCUT2D eigenvalue weighted by molar-refractivity contribution is -0.124. The molecule has 98 valence electrons. The zero-order chi connectivity index (χ0) is 14.4. The van der Waals surface area contributed by atoms with Gasteiger partial charge in [0, 0.05) is 25.2 Å². The molecule has 0 aromatic heterocycles. The molecule has 0 bridgehead atoms. The summed E-state index contributed by atoms with van der Waals surface area (Å²) in [6, 6.07) is 0. The minimum absolute atomic E-state index is 0.253. The van der Waals surface area contributed by atoms with Crippen molar-refractivity contribution in [3.05, 3.63) is 36.5 Å². The molecular formula is C14H25NO2. The summed E-state index contributed by atoms with van der Waals surface area (Å²) in [7, 11) is 3.22. The van der Waals surface area contributed by atoms with E-state index >= 15 is 0 Å². The Morgan fingerprint density at radius 2 is 1.41 bits per heavy atom. The second-order valence-electron chi connectivity index (χ2n) is 2.59. The number of rotatable bonds is 4. The lowest BCUT2D eigenvalue weighted by Crippen LogP contribution is -2.23. The van der Waals surface area contributed by atoms with Crippen molar-refractivity contribution in [1.29, 1.82) is 0 Å². The predicted octanol–water partition coefficient (Wildman–Crippen LogP) is 2.99. The quantitative estimate of drug-likeness (QED) is 0.429. The Morgan fingerprint density at radius 1 is 1.00 bits per heavy atom. The van der Waals surface area contributed by atoms with Crippen molar-refractivity contribution >= 4 is 12.2 Å². The smallest absolute Gasteiger partial charge is 0.254 e. The Morgan fingerprint density at radius 3 is 1.59 bits per heavy atom. The van der Waals surface area contributed by atoms with Crippen LogP contribution in [0.2, 0.25) is 0 Å². The molecule has 0 aromatic carbocycles. The van der Waals surface area contributed by atoms with Crippen LogP contribution in [0.4, 0.5) is 0 Å². The van der Waals surface area contributed by atoms with Crippen LogP contribution >= 0.6 is 0 Å². The van der Waals surface area contributed by atoms with Crippen molar-refractivity contribution in [3.63, 3.8) is 0 Å². The van der Waals surface area contributed by atoms with Gasteiger partial charge >= 0.3 is 0 Å². The van der Waals surface area contributed by atoms with Crippen molar-refractivity contribution in [2.24, 2.45) is 0 Å². The molecule has 3 nitrogen and oxygen atoms in total. The molecule has 0 rings (SSSR count). The average molecular weight is 239 g/mol. The molecule has 0 atom stereocenters. The first-order valence-corrected chi connectivity index (χ1v) is 5.74. The first kappa shape index (κ1) is 20.7. The molecule has 0 saturated carbocycles. The van der Waals surface area contributed by atoms with E-state index in [0.717, 1.165) is 0 Å². The second-order valence-corrected chi connectivity index (χ2v) is 2.59. The number of hydrogen-bond acceptors (Lipinski definition) is 2. The maximum atomic E-state index is 11.4. The molecule has 0 aliphatic rings. The average Bonchev–Trinajstić information content (AvgIpc) is 2.39. The Kier molecular flexibility index (Phi) is 17.5. The summed E-state index contributed by atoms with van der Waals surface area (Å²) in [6.07, 6.45) is 3.28. The standard InChI is InChI=1S/C10H13NO2.2C2H6/c1-5-8(7-12)9(6-2)10(13)11(3)4;2*1-2/h5-7H,1-2H2,3-4H3;2*1-2H3/b9-8-;;. The first-order valence-electron chi connectivity index (χ1n) is 5.74. The van der Waals surface area contributed by atoms with Crippen LogP contribution in [-0.4, -0.2) is 31.2 Å². The van der Waals surface area contributed by atoms with Gasteiger partial charge in [-0.3, -0.25) is 9.59 Å². The van der Waals surface area contributed by atoms with E-state index in [0.29, 0.717) is 6.29 Å². The van der Waals surface area contributed by atoms with Gasteiger partial charge in [-0.1, -0.05) is 53.0 Å². The molecule has 0 N–H and O–H groups in total. The van der Waals surface area contributed by atoms with E-state index < -0.39 is 0 Å². The van der Waals surface area contributed by atoms with E-state index in [-0.39, 0.29) is 17.1 Å². The third-order valence-electron chi connectivity index (χ3n) is 1.50. The molecule has 0 heterocycles. The van der Waals surface area contributed by atoms with Gasteiger partial charge in [0.05, 0.1) is 0 Å². The minimum Gasteiger partial charge on any atom is -0.345 e. The third-order valence-corrected chi connectivity index (χ3v) is 1.50. The summed E-state index contributed by atoms with van der Waals surface area (Å²) in [5, 5.41) is 0. The molecule has 0 aliphatic carbocycles. The van der Waals surface area contributed by atoms with Crippen LogP contribution in [0, 0.1) is 0 Å². The van der Waals surface area contributed by atoms with Crippen LogP contribution < -0.4 is 0 Å². The lowest BCUT2D eigenvalue weighted by atomic mass is 10.1. The molecule has 0 saturated heterocycles. The number of carbonyl (C=O) groups is 2. The SMILES string of the molecule is C=C/C(C=O)=C(\C=C)C(=O)N(C)C.CC.CC. The highest BCUT2D eigenvalue weighted by atomic mass is 16.2. The van der Waals surface area contributed by atoms with Gasteiger partial charge in [0.2, 0.25) is 0 Å². The Bertz CT molecular complexity index is 266. The summed E-state index contributed by atoms with van der Waals surface area (Å²) < 4.78 is 0. The number of allylic oxidation sites excluding steroid dienone is 2. The number of likely N-dealkylation sites (N-methyl/N-ethyl adjacent to an activating group) is 1. The van der Waals surface area contributed by atoms with Crippen LogP contribution in [0.5, 0.6) is 0 Å². The number of carbonyl (C=O) groups excluding carboxylic acids is 2. The highest BCUT2D eigenvalue weighted by Crippen LogP contribution is 2.07. The predicted molar refractivity (Wildman–Crippen MR) is 74.9 cm³/mol. The highest BCUT2D eigenvalue weighted by Gasteiger charge is 2.11. The maximum Gasteiger partial charge on any atom is 0.254 e. The molecule has 0 aromatic rings. The van der Waals surface area contributed by atoms with Crippen LogP contribution in [0.25, 0.3) is 0 Å². The topological polar surface area (TPSA) is 37.4 Å². The van der Waals surface area contributed by atoms with Crippen molar-refractivity contribution in [1.82, 2.24) is 4.90 Å². The van der Waals surface area contributed by atoms with Gasteiger partial charge < -0.3 is 4.90 Å². The molecule has 0 spiro atoms. The molecular weight excluding hydrogens is 214 g/mol. The van der Waals surface area contributed by atoms with Gasteiger partial charge in [-0.05, 0) is 0 Å². The fourth-order valence-electron chi connectivity index (χ4n) is 0.791. The van der Waals surface area contributed by atoms with Crippen LogP contribution in [0.1, 0.15) is 27.7 Å². The normalized spacial score (nSPS) is 9.29. The molecule has 1 amide bonds. The van der Waals surface area contributed by atoms with E-state index in [1.54, 1.807) is 14.1 Å². The van der Waals surface area contributed by atoms with Gasteiger partial charge in [0.15, 0.2) is 6.29 Å². The molecule has 17 heavy (non-hydrogen) atoms. The molecule has 0 aliphatic heterocycles. The number of amides is 1. The summed E-state index contributed by atoms with van der Waals surface area (Å²) in [4.78, 5) is 23.3. The van der Waals surface area contributed by atoms with Gasteiger partial charge in [-0.25, -0.2) is 0 Å². The number of aldehydes is 1. The van der Waals surface area contributed by atoms with Crippen LogP contribution in [-0.2, 0) is 9.59 Å². The summed E-state index contributed by atoms with van der Waals surface area (Å²) in [6.45, 7) is 14.9. The summed E-state index contributed by atoms with van der Waals surface area (Å²) in [5.41, 5.74) is 0.531. The van der Waals surface area contributed by atoms with Gasteiger partial charge in [0.1, 0.15) is 0 Å². The lowest BCUT2D eigenvalue weighted by Gasteiger charge is -2.11. The van der Waals surface area contributed by atoms with Gasteiger partial charge in [-0.15, -0.1) is 0 Å². The van der Waals surface area contributed by atoms with Crippen molar-refractivity contribution < 1.29 is 9.59 Å². The largest absolute Gasteiger partial charge is 0.345 e. The van der Waals surface area contributed by atoms with E-state index in [1.165, 1.54) is 17.1 Å². The van der Waals surface area contributed by atoms with E-state index in [2.05, 4.69) is 13.2 Å². The van der Waals surface area contributed by atoms with Gasteiger partial charge in [0.25, 0.3) is 5.91 Å². The molecule has 0 unspecified atom stereocenters. The first-order chi connectivity index (χ1) is 8.08. The molecule has 3 heteroatoms. The molecule has 0 fully saturated rings. The fourth-order valence-corrected chi connectivity index (χ4v) is 0.791. The second kappa shape index (κ2) is 14.4. The summed E-state index contributed by atoms with van der Waals surface area (Å²) in [5.74, 6) is -0.253.